The average molecular weight is 1010 g/mol. The van der Waals surface area contributed by atoms with E-state index in [9.17, 15) is 29.7 Å². The molecule has 7 aromatic rings. The summed E-state index contributed by atoms with van der Waals surface area (Å²) >= 11 is 0. The number of ether oxygens (including phenoxy) is 4. The molecule has 6 aromatic carbocycles. The third-order valence-corrected chi connectivity index (χ3v) is 13.4. The second-order valence-corrected chi connectivity index (χ2v) is 18.1. The topological polar surface area (TPSA) is 225 Å². The molecule has 1 saturated carbocycles. The Morgan fingerprint density at radius 3 is 1.39 bits per heavy atom. The average Bonchev–Trinajstić information content (AvgIpc) is 4.33. The number of aromatic hydroxyl groups is 1. The van der Waals surface area contributed by atoms with E-state index in [-0.39, 0.29) is 30.5 Å². The van der Waals surface area contributed by atoms with Gasteiger partial charge in [-0.2, -0.15) is 0 Å². The van der Waals surface area contributed by atoms with Crippen molar-refractivity contribution in [3.8, 4) is 5.75 Å². The lowest BCUT2D eigenvalue weighted by molar-refractivity contribution is 0.0317. The molecule has 5 aliphatic heterocycles. The van der Waals surface area contributed by atoms with E-state index < -0.39 is 36.7 Å². The Kier molecular flexibility index (Phi) is 14.6. The molecule has 0 spiro atoms. The number of nitrogens with zero attached hydrogens (tertiary/aromatic N) is 1. The van der Waals surface area contributed by atoms with Crippen molar-refractivity contribution in [2.45, 2.75) is 70.4 Å². The van der Waals surface area contributed by atoms with E-state index in [1.165, 1.54) is 32.1 Å². The molecule has 0 saturated heterocycles. The number of carbonyl (C=O) groups is 3. The summed E-state index contributed by atoms with van der Waals surface area (Å²) in [6.45, 7) is 3.81. The number of anilines is 4. The van der Waals surface area contributed by atoms with Crippen LogP contribution in [-0.4, -0.2) is 57.3 Å². The van der Waals surface area contributed by atoms with Gasteiger partial charge in [-0.05, 0) is 62.4 Å². The maximum Gasteiger partial charge on any atom is 0.509 e. The molecule has 1 aromatic heterocycles. The van der Waals surface area contributed by atoms with Crippen molar-refractivity contribution in [1.29, 1.82) is 0 Å². The number of rotatable bonds is 5. The first-order valence-corrected chi connectivity index (χ1v) is 25.1. The van der Waals surface area contributed by atoms with Gasteiger partial charge in [0, 0.05) is 61.5 Å². The number of H-pyrrole nitrogens is 1. The van der Waals surface area contributed by atoms with Crippen LogP contribution >= 0.6 is 0 Å². The Balaban J connectivity index is 0.000000125. The van der Waals surface area contributed by atoms with E-state index >= 15 is 0 Å². The quantitative estimate of drug-likeness (QED) is 0.0751. The van der Waals surface area contributed by atoms with Gasteiger partial charge in [0.25, 0.3) is 0 Å². The Bertz CT molecular complexity index is 3250. The summed E-state index contributed by atoms with van der Waals surface area (Å²) in [4.78, 5) is 44.0. The number of hydrogen-bond donors (Lipinski definition) is 8. The van der Waals surface area contributed by atoms with Crippen molar-refractivity contribution in [3.05, 3.63) is 202 Å². The highest BCUT2D eigenvalue weighted by Gasteiger charge is 2.41. The minimum atomic E-state index is -0.780. The predicted octanol–water partition coefficient (Wildman–Crippen LogP) is 12.5. The van der Waals surface area contributed by atoms with Crippen LogP contribution in [0, 0.1) is 0 Å². The normalized spacial score (nSPS) is 20.7. The van der Waals surface area contributed by atoms with E-state index in [2.05, 4.69) is 31.2 Å². The summed E-state index contributed by atoms with van der Waals surface area (Å²) in [7, 11) is 0. The number of benzene rings is 6. The van der Waals surface area contributed by atoms with Crippen molar-refractivity contribution in [3.63, 3.8) is 0 Å². The fraction of sp³-hybridized carbons (Fsp3) is 0.220. The zero-order valence-electron chi connectivity index (χ0n) is 41.3. The van der Waals surface area contributed by atoms with Crippen molar-refractivity contribution in [2.24, 2.45) is 4.99 Å². The number of para-hydroxylation sites is 6. The minimum Gasteiger partial charge on any atom is -0.505 e. The Labute approximate surface area is 432 Å². The number of ketones is 1. The number of fused-ring (bicyclic) bond motifs is 6. The molecule has 0 bridgehead atoms. The molecule has 16 nitrogen and oxygen atoms in total. The summed E-state index contributed by atoms with van der Waals surface area (Å²) in [6.07, 6.45) is 2.97. The number of aliphatic imine (C=N–C) groups is 1. The number of hydrogen-bond acceptors (Lipinski definition) is 15. The molecule has 4 atom stereocenters. The van der Waals surface area contributed by atoms with E-state index in [1.54, 1.807) is 38.1 Å². The number of aromatic nitrogens is 1. The summed E-state index contributed by atoms with van der Waals surface area (Å²) in [5.41, 5.74) is 11.6. The molecule has 8 N–H and O–H groups in total. The largest absolute Gasteiger partial charge is 0.509 e. The number of aliphatic hydroxyl groups is 2. The molecule has 75 heavy (non-hydrogen) atoms. The summed E-state index contributed by atoms with van der Waals surface area (Å²) in [5, 5.41) is 44.8. The molecule has 6 aliphatic rings. The van der Waals surface area contributed by atoms with E-state index in [4.69, 9.17) is 18.9 Å². The fourth-order valence-electron chi connectivity index (χ4n) is 9.85. The Morgan fingerprint density at radius 1 is 0.533 bits per heavy atom. The van der Waals surface area contributed by atoms with Gasteiger partial charge < -0.3 is 60.5 Å². The SMILES string of the molecule is C1CCCC1.CCOC(=O)OC1/C(=C2\Nc3ccccc3C2OC(=O)OCC)Nc2ccccc21.O=C1C(c2[nH]c3ccccc3c2O)=Nc2ccccc21.OC1/C(=C2\Nc3ccccc3C2O)Nc2ccccc21. The molecule has 382 valence electrons. The molecule has 1 fully saturated rings. The van der Waals surface area contributed by atoms with Crippen molar-refractivity contribution < 1.29 is 48.7 Å². The van der Waals surface area contributed by atoms with Gasteiger partial charge in [-0.15, -0.1) is 0 Å². The number of nitrogens with one attached hydrogen (secondary N) is 5. The monoisotopic (exact) mass is 1010 g/mol. The molecule has 1 aliphatic carbocycles. The van der Waals surface area contributed by atoms with Crippen LogP contribution in [0.4, 0.5) is 38.0 Å². The third-order valence-electron chi connectivity index (χ3n) is 13.4. The van der Waals surface area contributed by atoms with Gasteiger partial charge in [0.05, 0.1) is 41.7 Å². The summed E-state index contributed by atoms with van der Waals surface area (Å²) in [5.74, 6) is -0.0945. The summed E-state index contributed by atoms with van der Waals surface area (Å²) in [6, 6.07) is 44.7. The number of carbonyl (C=O) groups excluding carboxylic acids is 3. The lowest BCUT2D eigenvalue weighted by Gasteiger charge is -2.20. The van der Waals surface area contributed by atoms with Crippen LogP contribution < -0.4 is 21.3 Å². The van der Waals surface area contributed by atoms with Gasteiger partial charge in [-0.3, -0.25) is 4.79 Å². The highest BCUT2D eigenvalue weighted by Crippen LogP contribution is 2.48. The van der Waals surface area contributed by atoms with Crippen molar-refractivity contribution >= 4 is 63.1 Å². The third kappa shape index (κ3) is 10.1. The molecule has 16 heteroatoms. The maximum absolute atomic E-state index is 12.4. The molecular formula is C59H56N6O10. The smallest absolute Gasteiger partial charge is 0.505 e. The van der Waals surface area contributed by atoms with E-state index in [1.807, 2.05) is 121 Å². The Hall–Kier alpha value is -8.86. The second-order valence-electron chi connectivity index (χ2n) is 18.1. The van der Waals surface area contributed by atoms with Crippen LogP contribution in [0.25, 0.3) is 10.9 Å². The zero-order chi connectivity index (χ0) is 52.0. The van der Waals surface area contributed by atoms with Gasteiger partial charge in [-0.25, -0.2) is 14.6 Å². The van der Waals surface area contributed by atoms with Crippen LogP contribution in [0.2, 0.25) is 0 Å². The summed E-state index contributed by atoms with van der Waals surface area (Å²) < 4.78 is 21.2. The number of aliphatic hydroxyl groups excluding tert-OH is 2. The zero-order valence-corrected chi connectivity index (χ0v) is 41.3. The van der Waals surface area contributed by atoms with E-state index in [0.717, 1.165) is 50.5 Å². The standard InChI is InChI=1S/C22H22N2O6.C16H14N2O2.C16H10N2O2.C5H10/c1-3-27-21(25)29-19-13-9-5-7-11-15(13)23-17(19)18-20(30-22(26)28-4-2)14-10-6-8-12-16(14)24-18;2*19-15-9-5-1-3-7-11(9)17-13(15)14-16(20)10-6-2-4-8-12(10)18-14;1-2-4-5-3-1/h5-12,19-20,23-24H,3-4H2,1-2H3;1-8,15-20H;1-8,17,19H;1-5H2/b18-17+;14-13+;;. The minimum absolute atomic E-state index is 0.0699. The van der Waals surface area contributed by atoms with Crippen LogP contribution in [0.1, 0.15) is 109 Å². The first-order valence-electron chi connectivity index (χ1n) is 25.1. The maximum atomic E-state index is 12.4. The van der Waals surface area contributed by atoms with Gasteiger partial charge in [0.15, 0.2) is 18.0 Å². The molecule has 6 heterocycles. The predicted molar refractivity (Wildman–Crippen MR) is 286 cm³/mol. The number of aromatic amines is 1. The van der Waals surface area contributed by atoms with Crippen LogP contribution in [-0.2, 0) is 18.9 Å². The van der Waals surface area contributed by atoms with Crippen molar-refractivity contribution in [1.82, 2.24) is 4.98 Å². The lowest BCUT2D eigenvalue weighted by Crippen LogP contribution is -2.20. The lowest BCUT2D eigenvalue weighted by atomic mass is 10.0. The molecule has 13 rings (SSSR count). The van der Waals surface area contributed by atoms with Crippen LogP contribution in [0.3, 0.4) is 0 Å². The van der Waals surface area contributed by atoms with Gasteiger partial charge in [0.2, 0.25) is 5.78 Å². The van der Waals surface area contributed by atoms with Crippen molar-refractivity contribution in [2.75, 3.05) is 34.5 Å². The van der Waals surface area contributed by atoms with Gasteiger partial charge in [0.1, 0.15) is 23.6 Å². The van der Waals surface area contributed by atoms with E-state index in [0.29, 0.717) is 45.1 Å². The molecule has 4 unspecified atom stereocenters. The first-order chi connectivity index (χ1) is 36.6. The van der Waals surface area contributed by atoms with Crippen LogP contribution in [0.15, 0.2) is 173 Å². The fourth-order valence-corrected chi connectivity index (χ4v) is 9.85. The second kappa shape index (κ2) is 22.1. The molecule has 0 radical (unpaired) electrons. The van der Waals surface area contributed by atoms with Gasteiger partial charge in [-0.1, -0.05) is 129 Å². The highest BCUT2D eigenvalue weighted by molar-refractivity contribution is 6.55. The highest BCUT2D eigenvalue weighted by atomic mass is 16.7. The first kappa shape index (κ1) is 49.7. The number of Topliss-reactive ketones (excluding diaryl/α,β-unsaturated/α-hetero) is 1. The molecular weight excluding hydrogens is 953 g/mol. The van der Waals surface area contributed by atoms with Gasteiger partial charge >= 0.3 is 12.3 Å². The molecule has 0 amide bonds. The van der Waals surface area contributed by atoms with Crippen LogP contribution in [0.5, 0.6) is 5.75 Å². The Morgan fingerprint density at radius 2 is 0.933 bits per heavy atom.